The van der Waals surface area contributed by atoms with E-state index in [4.69, 9.17) is 9.84 Å². The van der Waals surface area contributed by atoms with Crippen molar-refractivity contribution in [2.45, 2.75) is 30.6 Å². The lowest BCUT2D eigenvalue weighted by Crippen LogP contribution is -2.64. The highest BCUT2D eigenvalue weighted by Gasteiger charge is 2.44. The van der Waals surface area contributed by atoms with Gasteiger partial charge in [0.25, 0.3) is 5.91 Å². The summed E-state index contributed by atoms with van der Waals surface area (Å²) in [5.74, 6) is -0.547. The molecule has 0 saturated carbocycles. The number of amides is 1. The van der Waals surface area contributed by atoms with E-state index >= 15 is 0 Å². The summed E-state index contributed by atoms with van der Waals surface area (Å²) in [6, 6.07) is 1.73. The van der Waals surface area contributed by atoms with Gasteiger partial charge in [-0.15, -0.1) is 0 Å². The summed E-state index contributed by atoms with van der Waals surface area (Å²) in [6.07, 6.45) is -2.65. The van der Waals surface area contributed by atoms with Crippen molar-refractivity contribution in [3.8, 4) is 0 Å². The molecule has 0 aliphatic carbocycles. The Labute approximate surface area is 114 Å². The topological polar surface area (TPSA) is 132 Å². The van der Waals surface area contributed by atoms with Gasteiger partial charge >= 0.3 is 0 Å². The quantitative estimate of drug-likeness (QED) is 0.418. The van der Waals surface area contributed by atoms with Gasteiger partial charge in [-0.1, -0.05) is 0 Å². The highest BCUT2D eigenvalue weighted by molar-refractivity contribution is 5.94. The first-order valence-corrected chi connectivity index (χ1v) is 6.06. The molecular formula is C12H16N2O6. The molecule has 0 spiro atoms. The Morgan fingerprint density at radius 2 is 1.90 bits per heavy atom. The molecule has 0 radical (unpaired) electrons. The predicted octanol–water partition coefficient (Wildman–Crippen LogP) is -2.39. The smallest absolute Gasteiger partial charge is 0.251 e. The predicted molar refractivity (Wildman–Crippen MR) is 65.5 cm³/mol. The number of hydrogen-bond donors (Lipinski definition) is 5. The summed E-state index contributed by atoms with van der Waals surface area (Å²) in [7, 11) is 0. The van der Waals surface area contributed by atoms with Gasteiger partial charge in [0.2, 0.25) is 0 Å². The number of carbonyl (C=O) groups is 1. The van der Waals surface area contributed by atoms with Gasteiger partial charge in [-0.25, -0.2) is 0 Å². The lowest BCUT2D eigenvalue weighted by Gasteiger charge is -2.40. The fourth-order valence-corrected chi connectivity index (χ4v) is 1.99. The number of nitrogens with one attached hydrogen (secondary N) is 1. The van der Waals surface area contributed by atoms with Crippen LogP contribution in [0.5, 0.6) is 0 Å². The van der Waals surface area contributed by atoms with Crippen LogP contribution in [0.3, 0.4) is 0 Å². The van der Waals surface area contributed by atoms with Crippen molar-refractivity contribution >= 4 is 5.91 Å². The Morgan fingerprint density at radius 3 is 2.50 bits per heavy atom. The monoisotopic (exact) mass is 284 g/mol. The van der Waals surface area contributed by atoms with E-state index in [0.29, 0.717) is 0 Å². The summed E-state index contributed by atoms with van der Waals surface area (Å²) in [6.45, 7) is -0.555. The number of hydrogen-bond acceptors (Lipinski definition) is 7. The zero-order valence-electron chi connectivity index (χ0n) is 10.5. The maximum absolute atomic E-state index is 11.9. The van der Waals surface area contributed by atoms with E-state index < -0.39 is 43.2 Å². The third-order valence-electron chi connectivity index (χ3n) is 3.14. The molecule has 1 aromatic rings. The average Bonchev–Trinajstić information content (AvgIpc) is 2.48. The Balaban J connectivity index is 2.07. The van der Waals surface area contributed by atoms with Crippen LogP contribution in [0.4, 0.5) is 0 Å². The van der Waals surface area contributed by atoms with Crippen molar-refractivity contribution in [1.29, 1.82) is 0 Å². The maximum atomic E-state index is 11.9. The number of rotatable bonds is 3. The molecule has 2 rings (SSSR count). The highest BCUT2D eigenvalue weighted by atomic mass is 16.6. The summed E-state index contributed by atoms with van der Waals surface area (Å²) in [5.41, 5.74) is 0.290. The normalized spacial score (nSPS) is 33.7. The molecule has 1 aliphatic rings. The molecule has 1 unspecified atom stereocenters. The van der Waals surface area contributed by atoms with Crippen molar-refractivity contribution in [3.63, 3.8) is 0 Å². The van der Waals surface area contributed by atoms with E-state index in [-0.39, 0.29) is 5.56 Å². The standard InChI is InChI=1S/C12H16N2O6/c15-5-7-9(16)10(17)8(12(19)20-7)14-11(18)6-1-3-13-4-2-6/h1-4,7-10,12,15-17,19H,5H2,(H,14,18)/t7-,8-,9-,10-,12?/m1/s1. The van der Waals surface area contributed by atoms with Crippen LogP contribution in [-0.4, -0.2) is 68.6 Å². The minimum atomic E-state index is -1.53. The third-order valence-corrected chi connectivity index (χ3v) is 3.14. The molecule has 0 aromatic carbocycles. The highest BCUT2D eigenvalue weighted by Crippen LogP contribution is 2.20. The average molecular weight is 284 g/mol. The van der Waals surface area contributed by atoms with Crippen molar-refractivity contribution in [2.75, 3.05) is 6.61 Å². The largest absolute Gasteiger partial charge is 0.394 e. The van der Waals surface area contributed by atoms with E-state index in [0.717, 1.165) is 0 Å². The minimum absolute atomic E-state index is 0.290. The molecule has 1 fully saturated rings. The van der Waals surface area contributed by atoms with Crippen LogP contribution in [0.1, 0.15) is 10.4 Å². The van der Waals surface area contributed by atoms with E-state index in [2.05, 4.69) is 10.3 Å². The summed E-state index contributed by atoms with van der Waals surface area (Å²) >= 11 is 0. The molecule has 8 nitrogen and oxygen atoms in total. The first-order chi connectivity index (χ1) is 9.54. The van der Waals surface area contributed by atoms with Gasteiger partial charge in [-0.05, 0) is 12.1 Å². The zero-order valence-corrected chi connectivity index (χ0v) is 10.5. The van der Waals surface area contributed by atoms with Crippen LogP contribution < -0.4 is 5.32 Å². The van der Waals surface area contributed by atoms with Gasteiger partial charge < -0.3 is 30.5 Å². The van der Waals surface area contributed by atoms with Gasteiger partial charge in [0, 0.05) is 18.0 Å². The van der Waals surface area contributed by atoms with Gasteiger partial charge in [0.15, 0.2) is 6.29 Å². The number of pyridine rings is 1. The third kappa shape index (κ3) is 2.94. The van der Waals surface area contributed by atoms with Crippen LogP contribution >= 0.6 is 0 Å². The van der Waals surface area contributed by atoms with Crippen molar-refractivity contribution in [2.24, 2.45) is 0 Å². The Morgan fingerprint density at radius 1 is 1.25 bits per heavy atom. The molecule has 1 aromatic heterocycles. The van der Waals surface area contributed by atoms with Gasteiger partial charge in [0.1, 0.15) is 24.4 Å². The van der Waals surface area contributed by atoms with E-state index in [1.165, 1.54) is 24.5 Å². The molecule has 8 heteroatoms. The molecule has 1 amide bonds. The first kappa shape index (κ1) is 14.8. The van der Waals surface area contributed by atoms with E-state index in [9.17, 15) is 20.1 Å². The Bertz CT molecular complexity index is 457. The van der Waals surface area contributed by atoms with Crippen molar-refractivity contribution < 1.29 is 30.0 Å². The van der Waals surface area contributed by atoms with Gasteiger partial charge in [-0.2, -0.15) is 0 Å². The molecule has 1 saturated heterocycles. The molecular weight excluding hydrogens is 268 g/mol. The second-order valence-corrected chi connectivity index (χ2v) is 4.46. The van der Waals surface area contributed by atoms with Crippen LogP contribution in [0.15, 0.2) is 24.5 Å². The number of carbonyl (C=O) groups excluding carboxylic acids is 1. The minimum Gasteiger partial charge on any atom is -0.394 e. The fraction of sp³-hybridized carbons (Fsp3) is 0.500. The van der Waals surface area contributed by atoms with Gasteiger partial charge in [0.05, 0.1) is 6.61 Å². The first-order valence-electron chi connectivity index (χ1n) is 6.06. The second-order valence-electron chi connectivity index (χ2n) is 4.46. The summed E-state index contributed by atoms with van der Waals surface area (Å²) in [4.78, 5) is 15.7. The van der Waals surface area contributed by atoms with Gasteiger partial charge in [-0.3, -0.25) is 9.78 Å². The number of aliphatic hydroxyl groups excluding tert-OH is 4. The SMILES string of the molecule is O=C(N[C@H]1C(O)O[C@H](CO)[C@@H](O)[C@@H]1O)c1ccncc1. The lowest BCUT2D eigenvalue weighted by atomic mass is 9.97. The van der Waals surface area contributed by atoms with Crippen LogP contribution in [0.2, 0.25) is 0 Å². The zero-order chi connectivity index (χ0) is 14.7. The van der Waals surface area contributed by atoms with Crippen molar-refractivity contribution in [3.05, 3.63) is 30.1 Å². The van der Waals surface area contributed by atoms with E-state index in [1.54, 1.807) is 0 Å². The second kappa shape index (κ2) is 6.25. The number of aromatic nitrogens is 1. The molecule has 5 atom stereocenters. The Kier molecular flexibility index (Phi) is 4.63. The molecule has 5 N–H and O–H groups in total. The number of aliphatic hydroxyl groups is 4. The van der Waals surface area contributed by atoms with Crippen LogP contribution in [0, 0.1) is 0 Å². The fourth-order valence-electron chi connectivity index (χ4n) is 1.99. The molecule has 20 heavy (non-hydrogen) atoms. The Hall–Kier alpha value is -1.58. The molecule has 0 bridgehead atoms. The molecule has 2 heterocycles. The number of nitrogens with zero attached hydrogens (tertiary/aromatic N) is 1. The van der Waals surface area contributed by atoms with E-state index in [1.807, 2.05) is 0 Å². The van der Waals surface area contributed by atoms with Crippen LogP contribution in [-0.2, 0) is 4.74 Å². The molecule has 110 valence electrons. The van der Waals surface area contributed by atoms with Crippen molar-refractivity contribution in [1.82, 2.24) is 10.3 Å². The number of ether oxygens (including phenoxy) is 1. The van der Waals surface area contributed by atoms with Crippen LogP contribution in [0.25, 0.3) is 0 Å². The maximum Gasteiger partial charge on any atom is 0.251 e. The summed E-state index contributed by atoms with van der Waals surface area (Å²) in [5, 5.41) is 40.6. The lowest BCUT2D eigenvalue weighted by molar-refractivity contribution is -0.252. The summed E-state index contributed by atoms with van der Waals surface area (Å²) < 4.78 is 4.94. The molecule has 1 aliphatic heterocycles.